The van der Waals surface area contributed by atoms with Gasteiger partial charge in [0.1, 0.15) is 0 Å². The molecule has 0 radical (unpaired) electrons. The third-order valence-corrected chi connectivity index (χ3v) is 6.63. The SMILES string of the molecule is CCCCCCCCCC(SCCCSCC(C)O)C(C)O. The van der Waals surface area contributed by atoms with E-state index in [1.54, 1.807) is 0 Å². The lowest BCUT2D eigenvalue weighted by atomic mass is 10.1. The molecule has 3 atom stereocenters. The van der Waals surface area contributed by atoms with Crippen LogP contribution in [0.1, 0.15) is 78.6 Å². The molecule has 0 aromatic carbocycles. The van der Waals surface area contributed by atoms with Crippen molar-refractivity contribution in [1.29, 1.82) is 0 Å². The first-order valence-electron chi connectivity index (χ1n) is 9.13. The van der Waals surface area contributed by atoms with E-state index in [0.29, 0.717) is 5.25 Å². The summed E-state index contributed by atoms with van der Waals surface area (Å²) in [5, 5.41) is 19.5. The van der Waals surface area contributed by atoms with Crippen molar-refractivity contribution in [3.05, 3.63) is 0 Å². The van der Waals surface area contributed by atoms with Gasteiger partial charge in [-0.15, -0.1) is 0 Å². The molecule has 0 aliphatic carbocycles. The topological polar surface area (TPSA) is 40.5 Å². The zero-order chi connectivity index (χ0) is 16.6. The van der Waals surface area contributed by atoms with E-state index in [0.717, 1.165) is 23.7 Å². The van der Waals surface area contributed by atoms with Crippen LogP contribution in [0.15, 0.2) is 0 Å². The second kappa shape index (κ2) is 16.5. The summed E-state index contributed by atoms with van der Waals surface area (Å²) in [4.78, 5) is 0. The molecule has 0 spiro atoms. The van der Waals surface area contributed by atoms with Gasteiger partial charge < -0.3 is 10.2 Å². The Labute approximate surface area is 147 Å². The highest BCUT2D eigenvalue weighted by molar-refractivity contribution is 8.00. The summed E-state index contributed by atoms with van der Waals surface area (Å²) in [5.41, 5.74) is 0. The van der Waals surface area contributed by atoms with Crippen LogP contribution in [-0.2, 0) is 0 Å². The van der Waals surface area contributed by atoms with Crippen LogP contribution in [0.25, 0.3) is 0 Å². The molecule has 0 fully saturated rings. The lowest BCUT2D eigenvalue weighted by Gasteiger charge is -2.19. The third kappa shape index (κ3) is 15.5. The van der Waals surface area contributed by atoms with Crippen molar-refractivity contribution in [2.75, 3.05) is 17.3 Å². The first-order valence-corrected chi connectivity index (χ1v) is 11.3. The number of unbranched alkanes of at least 4 members (excludes halogenated alkanes) is 6. The minimum atomic E-state index is -0.199. The van der Waals surface area contributed by atoms with Gasteiger partial charge in [-0.3, -0.25) is 0 Å². The van der Waals surface area contributed by atoms with Crippen LogP contribution in [-0.4, -0.2) is 44.9 Å². The summed E-state index contributed by atoms with van der Waals surface area (Å²) in [6.45, 7) is 6.03. The number of thioether (sulfide) groups is 2. The summed E-state index contributed by atoms with van der Waals surface area (Å²) < 4.78 is 0. The molecule has 0 saturated carbocycles. The second-order valence-electron chi connectivity index (χ2n) is 6.34. The third-order valence-electron chi connectivity index (χ3n) is 3.75. The van der Waals surface area contributed by atoms with Crippen LogP contribution < -0.4 is 0 Å². The summed E-state index contributed by atoms with van der Waals surface area (Å²) in [5.74, 6) is 3.07. The smallest absolute Gasteiger partial charge is 0.0630 e. The van der Waals surface area contributed by atoms with Crippen LogP contribution >= 0.6 is 23.5 Å². The molecule has 0 heterocycles. The summed E-state index contributed by atoms with van der Waals surface area (Å²) in [7, 11) is 0. The molecule has 0 amide bonds. The molecule has 134 valence electrons. The average Bonchev–Trinajstić information content (AvgIpc) is 2.46. The maximum absolute atomic E-state index is 9.90. The number of hydrogen-bond acceptors (Lipinski definition) is 4. The maximum Gasteiger partial charge on any atom is 0.0630 e. The number of aliphatic hydroxyl groups excluding tert-OH is 2. The maximum atomic E-state index is 9.90. The zero-order valence-corrected chi connectivity index (χ0v) is 16.6. The first kappa shape index (κ1) is 22.6. The van der Waals surface area contributed by atoms with Gasteiger partial charge in [-0.1, -0.05) is 51.9 Å². The van der Waals surface area contributed by atoms with E-state index in [2.05, 4.69) is 6.92 Å². The largest absolute Gasteiger partial charge is 0.393 e. The zero-order valence-electron chi connectivity index (χ0n) is 14.9. The van der Waals surface area contributed by atoms with Gasteiger partial charge in [0.05, 0.1) is 12.2 Å². The van der Waals surface area contributed by atoms with Crippen molar-refractivity contribution in [3.8, 4) is 0 Å². The van der Waals surface area contributed by atoms with Gasteiger partial charge in [0, 0.05) is 11.0 Å². The highest BCUT2D eigenvalue weighted by Gasteiger charge is 2.14. The normalized spacial score (nSPS) is 15.7. The van der Waals surface area contributed by atoms with Crippen molar-refractivity contribution >= 4 is 23.5 Å². The fraction of sp³-hybridized carbons (Fsp3) is 1.00. The van der Waals surface area contributed by atoms with Crippen LogP contribution in [0.4, 0.5) is 0 Å². The van der Waals surface area contributed by atoms with Gasteiger partial charge in [0.15, 0.2) is 0 Å². The predicted octanol–water partition coefficient (Wildman–Crippen LogP) is 5.11. The van der Waals surface area contributed by atoms with E-state index in [-0.39, 0.29) is 12.2 Å². The van der Waals surface area contributed by atoms with Gasteiger partial charge in [-0.05, 0) is 38.2 Å². The highest BCUT2D eigenvalue weighted by Crippen LogP contribution is 2.23. The number of hydrogen-bond donors (Lipinski definition) is 2. The molecule has 3 unspecified atom stereocenters. The highest BCUT2D eigenvalue weighted by atomic mass is 32.2. The Balaban J connectivity index is 3.53. The summed E-state index contributed by atoms with van der Waals surface area (Å²) in [6, 6.07) is 0. The van der Waals surface area contributed by atoms with E-state index in [4.69, 9.17) is 0 Å². The fourth-order valence-electron chi connectivity index (χ4n) is 2.42. The molecule has 0 aliphatic rings. The molecule has 4 heteroatoms. The molecule has 0 aromatic heterocycles. The Bertz CT molecular complexity index is 223. The van der Waals surface area contributed by atoms with Crippen molar-refractivity contribution in [1.82, 2.24) is 0 Å². The van der Waals surface area contributed by atoms with Crippen LogP contribution in [0.5, 0.6) is 0 Å². The molecule has 0 rings (SSSR count). The quantitative estimate of drug-likeness (QED) is 0.379. The number of aliphatic hydroxyl groups is 2. The molecule has 2 nitrogen and oxygen atoms in total. The van der Waals surface area contributed by atoms with Crippen LogP contribution in [0.2, 0.25) is 0 Å². The molecule has 0 aromatic rings. The van der Waals surface area contributed by atoms with Crippen molar-refractivity contribution in [2.24, 2.45) is 0 Å². The minimum Gasteiger partial charge on any atom is -0.393 e. The standard InChI is InChI=1S/C18H38O2S2/c1-4-5-6-7-8-9-10-12-18(17(3)20)22-14-11-13-21-15-16(2)19/h16-20H,4-15H2,1-3H3. The van der Waals surface area contributed by atoms with Gasteiger partial charge in [-0.25, -0.2) is 0 Å². The fourth-order valence-corrected chi connectivity index (χ4v) is 4.68. The lowest BCUT2D eigenvalue weighted by molar-refractivity contribution is 0.186. The Morgan fingerprint density at radius 3 is 2.05 bits per heavy atom. The Morgan fingerprint density at radius 2 is 1.45 bits per heavy atom. The Morgan fingerprint density at radius 1 is 0.818 bits per heavy atom. The van der Waals surface area contributed by atoms with Crippen molar-refractivity contribution in [2.45, 2.75) is 96.0 Å². The molecule has 0 bridgehead atoms. The van der Waals surface area contributed by atoms with Crippen molar-refractivity contribution < 1.29 is 10.2 Å². The molecule has 2 N–H and O–H groups in total. The van der Waals surface area contributed by atoms with Gasteiger partial charge in [0.2, 0.25) is 0 Å². The van der Waals surface area contributed by atoms with Gasteiger partial charge >= 0.3 is 0 Å². The van der Waals surface area contributed by atoms with E-state index in [9.17, 15) is 10.2 Å². The first-order chi connectivity index (χ1) is 10.6. The van der Waals surface area contributed by atoms with Gasteiger partial charge in [-0.2, -0.15) is 23.5 Å². The van der Waals surface area contributed by atoms with Crippen LogP contribution in [0, 0.1) is 0 Å². The average molecular weight is 351 g/mol. The monoisotopic (exact) mass is 350 g/mol. The molecular weight excluding hydrogens is 312 g/mol. The summed E-state index contributed by atoms with van der Waals surface area (Å²) in [6.07, 6.45) is 11.3. The Hall–Kier alpha value is 0.620. The minimum absolute atomic E-state index is 0.194. The van der Waals surface area contributed by atoms with E-state index in [1.807, 2.05) is 37.4 Å². The Kier molecular flexibility index (Phi) is 16.9. The lowest BCUT2D eigenvalue weighted by Crippen LogP contribution is -2.20. The molecule has 0 saturated heterocycles. The van der Waals surface area contributed by atoms with E-state index < -0.39 is 0 Å². The molecule has 0 aliphatic heterocycles. The van der Waals surface area contributed by atoms with Gasteiger partial charge in [0.25, 0.3) is 0 Å². The van der Waals surface area contributed by atoms with E-state index in [1.165, 1.54) is 51.4 Å². The molecule has 22 heavy (non-hydrogen) atoms. The second-order valence-corrected chi connectivity index (χ2v) is 8.83. The molecular formula is C18H38O2S2. The summed E-state index contributed by atoms with van der Waals surface area (Å²) >= 11 is 3.76. The number of rotatable bonds is 16. The van der Waals surface area contributed by atoms with Crippen LogP contribution in [0.3, 0.4) is 0 Å². The predicted molar refractivity (Wildman–Crippen MR) is 104 cm³/mol. The van der Waals surface area contributed by atoms with E-state index >= 15 is 0 Å². The van der Waals surface area contributed by atoms with Crippen molar-refractivity contribution in [3.63, 3.8) is 0 Å².